The van der Waals surface area contributed by atoms with Crippen LogP contribution in [0.15, 0.2) is 0 Å². The average Bonchev–Trinajstić information content (AvgIpc) is 1.69. The summed E-state index contributed by atoms with van der Waals surface area (Å²) in [6.07, 6.45) is 0.944. The van der Waals surface area contributed by atoms with Crippen molar-refractivity contribution >= 4 is 20.9 Å². The molecule has 42 valence electrons. The Labute approximate surface area is 48.7 Å². The Morgan fingerprint density at radius 3 is 2.86 bits per heavy atom. The maximum Gasteiger partial charge on any atom is 0.108 e. The molecule has 0 aromatic carbocycles. The molecule has 1 unspecified atom stereocenters. The Balaban J connectivity index is 2.25. The van der Waals surface area contributed by atoms with Gasteiger partial charge in [0, 0.05) is 5.75 Å². The van der Waals surface area contributed by atoms with Gasteiger partial charge < -0.3 is 4.18 Å². The van der Waals surface area contributed by atoms with Crippen LogP contribution in [-0.2, 0) is 14.0 Å². The fourth-order valence-electron chi connectivity index (χ4n) is 0.357. The third-order valence-corrected chi connectivity index (χ3v) is 2.94. The lowest BCUT2D eigenvalue weighted by atomic mass is 10.5. The highest BCUT2D eigenvalue weighted by atomic mass is 33.1. The maximum atomic E-state index is 10.4. The zero-order chi connectivity index (χ0) is 5.11. The minimum atomic E-state index is -0.746. The fourth-order valence-corrected chi connectivity index (χ4v) is 2.16. The normalized spacial score (nSPS) is 32.9. The van der Waals surface area contributed by atoms with Gasteiger partial charge in [-0.25, -0.2) is 4.21 Å². The monoisotopic (exact) mass is 138 g/mol. The molecule has 1 heterocycles. The Kier molecular flexibility index (Phi) is 2.15. The Bertz CT molecular complexity index is 75.0. The van der Waals surface area contributed by atoms with Gasteiger partial charge in [0.25, 0.3) is 0 Å². The van der Waals surface area contributed by atoms with Crippen LogP contribution < -0.4 is 0 Å². The smallest absolute Gasteiger partial charge is 0.108 e. The lowest BCUT2D eigenvalue weighted by Crippen LogP contribution is -2.03. The molecule has 0 aromatic rings. The van der Waals surface area contributed by atoms with Crippen molar-refractivity contribution in [3.8, 4) is 0 Å². The molecule has 1 atom stereocenters. The van der Waals surface area contributed by atoms with E-state index >= 15 is 0 Å². The zero-order valence-electron chi connectivity index (χ0n) is 3.75. The van der Waals surface area contributed by atoms with E-state index in [-0.39, 0.29) is 0 Å². The summed E-state index contributed by atoms with van der Waals surface area (Å²) in [4.78, 5) is 0. The minimum absolute atomic E-state index is 0.746. The molecule has 0 amide bonds. The second-order valence-electron chi connectivity index (χ2n) is 1.25. The summed E-state index contributed by atoms with van der Waals surface area (Å²) in [7, 11) is -0.746. The highest BCUT2D eigenvalue weighted by Crippen LogP contribution is 2.15. The van der Waals surface area contributed by atoms with Crippen molar-refractivity contribution in [2.75, 3.05) is 12.4 Å². The quantitative estimate of drug-likeness (QED) is 0.364. The number of hydrogen-bond donors (Lipinski definition) is 0. The molecule has 0 spiro atoms. The van der Waals surface area contributed by atoms with Crippen molar-refractivity contribution in [1.82, 2.24) is 0 Å². The van der Waals surface area contributed by atoms with Crippen LogP contribution >= 0.6 is 11.1 Å². The minimum Gasteiger partial charge on any atom is -0.303 e. The Morgan fingerprint density at radius 2 is 2.57 bits per heavy atom. The summed E-state index contributed by atoms with van der Waals surface area (Å²) in [5.74, 6) is 0.796. The molecule has 7 heavy (non-hydrogen) atoms. The first kappa shape index (κ1) is 5.59. The largest absolute Gasteiger partial charge is 0.303 e. The standard InChI is InChI=1S/C3H6O2S2/c4-7-3-1-2-5-6-7/h1-3H2. The third-order valence-electron chi connectivity index (χ3n) is 0.663. The first-order valence-corrected chi connectivity index (χ1v) is 4.65. The van der Waals surface area contributed by atoms with Gasteiger partial charge in [-0.1, -0.05) is 0 Å². The van der Waals surface area contributed by atoms with Crippen LogP contribution in [0.4, 0.5) is 0 Å². The van der Waals surface area contributed by atoms with Gasteiger partial charge in [0.1, 0.15) is 9.83 Å². The molecule has 0 aromatic heterocycles. The Hall–Kier alpha value is 0.460. The van der Waals surface area contributed by atoms with Crippen LogP contribution in [0.2, 0.25) is 0 Å². The van der Waals surface area contributed by atoms with Gasteiger partial charge >= 0.3 is 0 Å². The molecule has 4 heteroatoms. The van der Waals surface area contributed by atoms with E-state index < -0.39 is 9.83 Å². The van der Waals surface area contributed by atoms with Gasteiger partial charge in [-0.2, -0.15) is 0 Å². The maximum absolute atomic E-state index is 10.4. The molecule has 0 aliphatic carbocycles. The molecule has 1 saturated heterocycles. The van der Waals surface area contributed by atoms with Gasteiger partial charge in [0.05, 0.1) is 17.7 Å². The van der Waals surface area contributed by atoms with Crippen molar-refractivity contribution in [3.63, 3.8) is 0 Å². The van der Waals surface area contributed by atoms with Crippen molar-refractivity contribution in [1.29, 1.82) is 0 Å². The zero-order valence-corrected chi connectivity index (χ0v) is 5.39. The Morgan fingerprint density at radius 1 is 1.71 bits per heavy atom. The SMILES string of the molecule is O=S1CCCOS1. The van der Waals surface area contributed by atoms with E-state index in [9.17, 15) is 4.21 Å². The van der Waals surface area contributed by atoms with Crippen LogP contribution in [0, 0.1) is 0 Å². The van der Waals surface area contributed by atoms with Crippen molar-refractivity contribution < 1.29 is 8.39 Å². The second kappa shape index (κ2) is 2.69. The van der Waals surface area contributed by atoms with Crippen LogP contribution in [-0.4, -0.2) is 16.6 Å². The predicted octanol–water partition coefficient (Wildman–Crippen LogP) is 0.719. The topological polar surface area (TPSA) is 26.3 Å². The molecule has 0 N–H and O–H groups in total. The fraction of sp³-hybridized carbons (Fsp3) is 1.00. The molecule has 0 saturated carbocycles. The lowest BCUT2D eigenvalue weighted by molar-refractivity contribution is 0.374. The van der Waals surface area contributed by atoms with Gasteiger partial charge in [-0.15, -0.1) is 0 Å². The molecule has 1 fully saturated rings. The van der Waals surface area contributed by atoms with Crippen molar-refractivity contribution in [3.05, 3.63) is 0 Å². The van der Waals surface area contributed by atoms with Crippen LogP contribution in [0.25, 0.3) is 0 Å². The van der Waals surface area contributed by atoms with E-state index in [1.165, 1.54) is 0 Å². The number of rotatable bonds is 0. The second-order valence-corrected chi connectivity index (χ2v) is 4.16. The summed E-state index contributed by atoms with van der Waals surface area (Å²) in [6, 6.07) is 0. The summed E-state index contributed by atoms with van der Waals surface area (Å²) in [5.41, 5.74) is 0. The summed E-state index contributed by atoms with van der Waals surface area (Å²) in [6.45, 7) is 0.760. The first-order valence-electron chi connectivity index (χ1n) is 2.08. The molecule has 1 rings (SSSR count). The summed E-state index contributed by atoms with van der Waals surface area (Å²) >= 11 is 1.09. The molecule has 1 aliphatic heterocycles. The van der Waals surface area contributed by atoms with E-state index in [0.717, 1.165) is 29.9 Å². The molecular formula is C3H6O2S2. The van der Waals surface area contributed by atoms with Crippen molar-refractivity contribution in [2.24, 2.45) is 0 Å². The van der Waals surface area contributed by atoms with Gasteiger partial charge in [0.15, 0.2) is 0 Å². The van der Waals surface area contributed by atoms with Crippen molar-refractivity contribution in [2.45, 2.75) is 6.42 Å². The van der Waals surface area contributed by atoms with E-state index in [2.05, 4.69) is 0 Å². The highest BCUT2D eigenvalue weighted by molar-refractivity contribution is 8.67. The van der Waals surface area contributed by atoms with E-state index in [1.807, 2.05) is 0 Å². The molecule has 0 bridgehead atoms. The van der Waals surface area contributed by atoms with E-state index in [0.29, 0.717) is 0 Å². The number of hydrogen-bond acceptors (Lipinski definition) is 3. The van der Waals surface area contributed by atoms with Gasteiger partial charge in [-0.3, -0.25) is 0 Å². The molecular weight excluding hydrogens is 132 g/mol. The molecule has 0 radical (unpaired) electrons. The summed E-state index contributed by atoms with van der Waals surface area (Å²) < 4.78 is 15.2. The average molecular weight is 138 g/mol. The van der Waals surface area contributed by atoms with Crippen LogP contribution in [0.1, 0.15) is 6.42 Å². The molecule has 2 nitrogen and oxygen atoms in total. The van der Waals surface area contributed by atoms with E-state index in [1.54, 1.807) is 0 Å². The van der Waals surface area contributed by atoms with Gasteiger partial charge in [0.2, 0.25) is 0 Å². The third kappa shape index (κ3) is 1.80. The summed E-state index contributed by atoms with van der Waals surface area (Å²) in [5, 5.41) is 0. The first-order chi connectivity index (χ1) is 3.39. The predicted molar refractivity (Wildman–Crippen MR) is 31.2 cm³/mol. The lowest BCUT2D eigenvalue weighted by Gasteiger charge is -2.05. The molecule has 1 aliphatic rings. The van der Waals surface area contributed by atoms with Crippen LogP contribution in [0.3, 0.4) is 0 Å². The highest BCUT2D eigenvalue weighted by Gasteiger charge is 2.06. The van der Waals surface area contributed by atoms with E-state index in [4.69, 9.17) is 4.18 Å². The van der Waals surface area contributed by atoms with Crippen LogP contribution in [0.5, 0.6) is 0 Å². The van der Waals surface area contributed by atoms with Gasteiger partial charge in [-0.05, 0) is 6.42 Å².